The molecule has 29 heavy (non-hydrogen) atoms. The van der Waals surface area contributed by atoms with Gasteiger partial charge in [-0.15, -0.1) is 0 Å². The van der Waals surface area contributed by atoms with Crippen molar-refractivity contribution in [1.82, 2.24) is 0 Å². The normalized spacial score (nSPS) is 11.3. The van der Waals surface area contributed by atoms with Gasteiger partial charge < -0.3 is 10.2 Å². The smallest absolute Gasteiger partial charge is 0.142 e. The molecular formula is C22H13Cl4O2P. The van der Waals surface area contributed by atoms with E-state index in [2.05, 4.69) is 0 Å². The molecule has 146 valence electrons. The minimum absolute atomic E-state index is 0.0920. The zero-order chi connectivity index (χ0) is 20.7. The Hall–Kier alpha value is -1.67. The molecule has 0 heterocycles. The average molecular weight is 482 g/mol. The summed E-state index contributed by atoms with van der Waals surface area (Å²) in [4.78, 5) is 0. The van der Waals surface area contributed by atoms with Gasteiger partial charge in [-0.05, 0) is 48.3 Å². The molecule has 2 nitrogen and oxygen atoms in total. The Morgan fingerprint density at radius 3 is 1.69 bits per heavy atom. The van der Waals surface area contributed by atoms with E-state index in [9.17, 15) is 10.2 Å². The zero-order valence-corrected chi connectivity index (χ0v) is 18.6. The highest BCUT2D eigenvalue weighted by Crippen LogP contribution is 2.45. The maximum absolute atomic E-state index is 10.8. The predicted octanol–water partition coefficient (Wildman–Crippen LogP) is 6.62. The molecule has 4 aromatic carbocycles. The maximum Gasteiger partial charge on any atom is 0.142 e. The highest BCUT2D eigenvalue weighted by Gasteiger charge is 2.27. The van der Waals surface area contributed by atoms with Crippen molar-refractivity contribution in [2.75, 3.05) is 0 Å². The molecule has 0 fully saturated rings. The number of benzene rings is 4. The van der Waals surface area contributed by atoms with Crippen LogP contribution in [0.25, 0.3) is 10.8 Å². The summed E-state index contributed by atoms with van der Waals surface area (Å²) in [5.74, 6) is -0.184. The molecule has 0 radical (unpaired) electrons. The second-order valence-electron chi connectivity index (χ2n) is 6.34. The van der Waals surface area contributed by atoms with Crippen LogP contribution in [0.5, 0.6) is 11.5 Å². The molecule has 0 unspecified atom stereocenters. The highest BCUT2D eigenvalue weighted by molar-refractivity contribution is 7.80. The summed E-state index contributed by atoms with van der Waals surface area (Å²) in [6.45, 7) is 0. The van der Waals surface area contributed by atoms with Gasteiger partial charge in [-0.2, -0.15) is 0 Å². The summed E-state index contributed by atoms with van der Waals surface area (Å²) < 4.78 is 0. The van der Waals surface area contributed by atoms with Crippen LogP contribution in [-0.2, 0) is 0 Å². The van der Waals surface area contributed by atoms with Gasteiger partial charge in [0.15, 0.2) is 0 Å². The number of aromatic hydroxyl groups is 2. The van der Waals surface area contributed by atoms with Gasteiger partial charge in [0.1, 0.15) is 11.5 Å². The molecule has 0 saturated heterocycles. The first kappa shape index (κ1) is 20.6. The van der Waals surface area contributed by atoms with E-state index >= 15 is 0 Å². The number of phenols is 2. The molecule has 4 aromatic rings. The number of halogens is 4. The monoisotopic (exact) mass is 480 g/mol. The number of fused-ring (bicyclic) bond motifs is 1. The van der Waals surface area contributed by atoms with Gasteiger partial charge in [0.05, 0.1) is 10.0 Å². The Morgan fingerprint density at radius 2 is 1.10 bits per heavy atom. The summed E-state index contributed by atoms with van der Waals surface area (Å²) in [6, 6.07) is 20.0. The van der Waals surface area contributed by atoms with E-state index in [0.717, 1.165) is 16.1 Å². The Kier molecular flexibility index (Phi) is 5.84. The quantitative estimate of drug-likeness (QED) is 0.322. The van der Waals surface area contributed by atoms with Crippen LogP contribution in [-0.4, -0.2) is 10.2 Å². The number of hydrogen-bond acceptors (Lipinski definition) is 2. The molecule has 0 spiro atoms. The standard InChI is InChI=1S/C22H13Cl4O2P/c23-13-8-16(25)21(27)19(10-13)29(20-11-14(24)9-17(26)22(20)28)18-7-3-5-12-4-1-2-6-15(12)18/h1-11,27-28H. The molecule has 0 atom stereocenters. The molecule has 2 N–H and O–H groups in total. The Labute approximate surface area is 189 Å². The number of hydrogen-bond donors (Lipinski definition) is 2. The second kappa shape index (κ2) is 8.22. The van der Waals surface area contributed by atoms with E-state index in [1.54, 1.807) is 12.1 Å². The van der Waals surface area contributed by atoms with Crippen LogP contribution in [0.1, 0.15) is 0 Å². The van der Waals surface area contributed by atoms with Crippen LogP contribution in [0.4, 0.5) is 0 Å². The van der Waals surface area contributed by atoms with Crippen LogP contribution >= 0.6 is 54.3 Å². The first-order chi connectivity index (χ1) is 13.9. The van der Waals surface area contributed by atoms with Crippen LogP contribution in [0, 0.1) is 0 Å². The highest BCUT2D eigenvalue weighted by atomic mass is 35.5. The Balaban J connectivity index is 2.12. The summed E-state index contributed by atoms with van der Waals surface area (Å²) in [6.07, 6.45) is 0. The van der Waals surface area contributed by atoms with Crippen molar-refractivity contribution in [1.29, 1.82) is 0 Å². The van der Waals surface area contributed by atoms with Crippen molar-refractivity contribution in [3.63, 3.8) is 0 Å². The third-order valence-corrected chi connectivity index (χ3v) is 8.04. The fraction of sp³-hybridized carbons (Fsp3) is 0. The number of rotatable bonds is 3. The van der Waals surface area contributed by atoms with Crippen LogP contribution in [0.3, 0.4) is 0 Å². The third-order valence-electron chi connectivity index (χ3n) is 4.51. The maximum atomic E-state index is 10.8. The molecule has 0 aliphatic rings. The first-order valence-electron chi connectivity index (χ1n) is 8.50. The fourth-order valence-corrected chi connectivity index (χ4v) is 7.17. The van der Waals surface area contributed by atoms with Gasteiger partial charge >= 0.3 is 0 Å². The van der Waals surface area contributed by atoms with Crippen molar-refractivity contribution in [2.24, 2.45) is 0 Å². The molecule has 0 bridgehead atoms. The Bertz CT molecular complexity index is 1180. The lowest BCUT2D eigenvalue weighted by molar-refractivity contribution is 0.479. The largest absolute Gasteiger partial charge is 0.506 e. The van der Waals surface area contributed by atoms with Gasteiger partial charge in [0.25, 0.3) is 0 Å². The van der Waals surface area contributed by atoms with Gasteiger partial charge in [-0.1, -0.05) is 88.9 Å². The molecule has 4 rings (SSSR count). The van der Waals surface area contributed by atoms with E-state index in [0.29, 0.717) is 20.7 Å². The molecular weight excluding hydrogens is 469 g/mol. The summed E-state index contributed by atoms with van der Waals surface area (Å²) in [7, 11) is -1.49. The van der Waals surface area contributed by atoms with Crippen molar-refractivity contribution in [3.05, 3.63) is 86.8 Å². The molecule has 0 aliphatic heterocycles. The third kappa shape index (κ3) is 3.89. The minimum atomic E-state index is -1.49. The summed E-state index contributed by atoms with van der Waals surface area (Å²) in [5.41, 5.74) is 0. The van der Waals surface area contributed by atoms with Crippen LogP contribution < -0.4 is 15.9 Å². The topological polar surface area (TPSA) is 40.5 Å². The minimum Gasteiger partial charge on any atom is -0.506 e. The lowest BCUT2D eigenvalue weighted by atomic mass is 10.1. The summed E-state index contributed by atoms with van der Waals surface area (Å²) >= 11 is 25.0. The Morgan fingerprint density at radius 1 is 0.586 bits per heavy atom. The van der Waals surface area contributed by atoms with Gasteiger partial charge in [0.2, 0.25) is 0 Å². The van der Waals surface area contributed by atoms with E-state index in [1.165, 1.54) is 12.1 Å². The van der Waals surface area contributed by atoms with Crippen molar-refractivity contribution in [3.8, 4) is 11.5 Å². The van der Waals surface area contributed by atoms with E-state index in [4.69, 9.17) is 46.4 Å². The second-order valence-corrected chi connectivity index (χ2v) is 10.1. The molecule has 0 amide bonds. The first-order valence-corrected chi connectivity index (χ1v) is 11.4. The van der Waals surface area contributed by atoms with E-state index in [-0.39, 0.29) is 21.5 Å². The fourth-order valence-electron chi connectivity index (χ4n) is 3.24. The molecule has 0 aliphatic carbocycles. The number of phenolic OH excluding ortho intramolecular Hbond substituents is 2. The lowest BCUT2D eigenvalue weighted by Gasteiger charge is -2.24. The van der Waals surface area contributed by atoms with Crippen molar-refractivity contribution in [2.45, 2.75) is 0 Å². The summed E-state index contributed by atoms with van der Waals surface area (Å²) in [5, 5.41) is 26.5. The van der Waals surface area contributed by atoms with E-state index in [1.807, 2.05) is 42.5 Å². The zero-order valence-electron chi connectivity index (χ0n) is 14.7. The van der Waals surface area contributed by atoms with Crippen molar-refractivity contribution < 1.29 is 10.2 Å². The van der Waals surface area contributed by atoms with Crippen molar-refractivity contribution >= 4 is 81.0 Å². The average Bonchev–Trinajstić information content (AvgIpc) is 2.69. The van der Waals surface area contributed by atoms with Crippen LogP contribution in [0.15, 0.2) is 66.7 Å². The molecule has 0 saturated carbocycles. The molecule has 7 heteroatoms. The molecule has 0 aromatic heterocycles. The van der Waals surface area contributed by atoms with Gasteiger partial charge in [0, 0.05) is 20.7 Å². The van der Waals surface area contributed by atoms with E-state index < -0.39 is 7.92 Å². The predicted molar refractivity (Wildman–Crippen MR) is 126 cm³/mol. The van der Waals surface area contributed by atoms with Gasteiger partial charge in [-0.3, -0.25) is 0 Å². The van der Waals surface area contributed by atoms with Crippen LogP contribution in [0.2, 0.25) is 20.1 Å². The lowest BCUT2D eigenvalue weighted by Crippen LogP contribution is -2.22. The SMILES string of the molecule is Oc1c(Cl)cc(Cl)cc1P(c1cc(Cl)cc(Cl)c1O)c1cccc2ccccc12. The van der Waals surface area contributed by atoms with Gasteiger partial charge in [-0.25, -0.2) is 0 Å².